The van der Waals surface area contributed by atoms with E-state index >= 15 is 0 Å². The van der Waals surface area contributed by atoms with E-state index in [1.54, 1.807) is 31.4 Å². The molecule has 2 N–H and O–H groups in total. The van der Waals surface area contributed by atoms with Crippen molar-refractivity contribution >= 4 is 57.3 Å². The fourth-order valence-electron chi connectivity index (χ4n) is 3.89. The average molecular weight is 586 g/mol. The Balaban J connectivity index is 1.29. The summed E-state index contributed by atoms with van der Waals surface area (Å²) in [6, 6.07) is 31.4. The van der Waals surface area contributed by atoms with Gasteiger partial charge >= 0.3 is 0 Å². The van der Waals surface area contributed by atoms with Gasteiger partial charge in [0.05, 0.1) is 12.8 Å². The first-order valence-electron chi connectivity index (χ1n) is 12.3. The van der Waals surface area contributed by atoms with Crippen LogP contribution in [0.4, 0.5) is 10.8 Å². The normalized spacial score (nSPS) is 11.4. The molecule has 0 radical (unpaired) electrons. The summed E-state index contributed by atoms with van der Waals surface area (Å²) in [5, 5.41) is 8.33. The number of benzene rings is 4. The Morgan fingerprint density at radius 2 is 1.57 bits per heavy atom. The molecule has 0 saturated carbocycles. The summed E-state index contributed by atoms with van der Waals surface area (Å²) in [6.45, 7) is 0. The van der Waals surface area contributed by atoms with Crippen LogP contribution in [0.2, 0.25) is 5.02 Å². The van der Waals surface area contributed by atoms with Gasteiger partial charge in [-0.1, -0.05) is 60.1 Å². The summed E-state index contributed by atoms with van der Waals surface area (Å²) >= 11 is 9.09. The quantitative estimate of drug-likeness (QED) is 0.170. The fourth-order valence-corrected chi connectivity index (χ4v) is 5.86. The maximum absolute atomic E-state index is 13.5. The number of hydrogen-bond acceptors (Lipinski definition) is 6. The number of rotatable bonds is 9. The van der Waals surface area contributed by atoms with Crippen LogP contribution in [0.15, 0.2) is 113 Å². The average Bonchev–Trinajstić information content (AvgIpc) is 3.45. The predicted octanol–water partition coefficient (Wildman–Crippen LogP) is 8.20. The molecule has 1 aromatic heterocycles. The molecule has 9 heteroatoms. The second kappa shape index (κ2) is 12.8. The van der Waals surface area contributed by atoms with Crippen molar-refractivity contribution in [1.29, 1.82) is 0 Å². The Labute approximate surface area is 245 Å². The van der Waals surface area contributed by atoms with E-state index in [4.69, 9.17) is 16.3 Å². The Bertz CT molecular complexity index is 1610. The van der Waals surface area contributed by atoms with E-state index in [1.807, 2.05) is 84.2 Å². The van der Waals surface area contributed by atoms with Crippen molar-refractivity contribution < 1.29 is 14.3 Å². The lowest BCUT2D eigenvalue weighted by Gasteiger charge is -2.16. The van der Waals surface area contributed by atoms with Crippen LogP contribution in [0.3, 0.4) is 0 Å². The molecule has 0 fully saturated rings. The predicted molar refractivity (Wildman–Crippen MR) is 164 cm³/mol. The molecule has 4 aromatic carbocycles. The SMILES string of the molecule is COc1ccc(C(=O)Nc2ccc(SC(C(=O)Nc3nc(-c4ccccc4Cl)cs3)c3ccccc3)cc2)cc1. The topological polar surface area (TPSA) is 80.3 Å². The standard InChI is InChI=1S/C31H24ClN3O3S2/c1-38-23-15-11-21(12-16-23)29(36)33-22-13-17-24(18-14-22)40-28(20-7-3-2-4-8-20)30(37)35-31-34-27(19-39-31)25-9-5-6-10-26(25)32/h2-19,28H,1H3,(H,33,36)(H,34,35,37). The van der Waals surface area contributed by atoms with Crippen LogP contribution in [0.5, 0.6) is 5.75 Å². The summed E-state index contributed by atoms with van der Waals surface area (Å²) in [7, 11) is 1.58. The van der Waals surface area contributed by atoms with Gasteiger partial charge in [-0.2, -0.15) is 0 Å². The number of aromatic nitrogens is 1. The van der Waals surface area contributed by atoms with Crippen molar-refractivity contribution in [3.8, 4) is 17.0 Å². The number of carbonyl (C=O) groups excluding carboxylic acids is 2. The van der Waals surface area contributed by atoms with E-state index in [2.05, 4.69) is 15.6 Å². The van der Waals surface area contributed by atoms with Crippen molar-refractivity contribution in [2.45, 2.75) is 10.1 Å². The first-order chi connectivity index (χ1) is 19.5. The Morgan fingerprint density at radius 3 is 2.27 bits per heavy atom. The smallest absolute Gasteiger partial charge is 0.255 e. The monoisotopic (exact) mass is 585 g/mol. The number of halogens is 1. The van der Waals surface area contributed by atoms with Crippen LogP contribution >= 0.6 is 34.7 Å². The summed E-state index contributed by atoms with van der Waals surface area (Å²) in [5.74, 6) is 0.281. The lowest BCUT2D eigenvalue weighted by atomic mass is 10.1. The lowest BCUT2D eigenvalue weighted by molar-refractivity contribution is -0.115. The molecule has 2 amide bonds. The number of amides is 2. The molecule has 200 valence electrons. The minimum absolute atomic E-state index is 0.187. The Morgan fingerprint density at radius 1 is 0.875 bits per heavy atom. The molecule has 5 rings (SSSR count). The molecular weight excluding hydrogens is 562 g/mol. The number of thiazole rings is 1. The fraction of sp³-hybridized carbons (Fsp3) is 0.0645. The van der Waals surface area contributed by atoms with Crippen LogP contribution in [0, 0.1) is 0 Å². The van der Waals surface area contributed by atoms with Crippen molar-refractivity contribution in [2.75, 3.05) is 17.7 Å². The zero-order valence-electron chi connectivity index (χ0n) is 21.3. The van der Waals surface area contributed by atoms with Crippen molar-refractivity contribution in [2.24, 2.45) is 0 Å². The zero-order chi connectivity index (χ0) is 27.9. The highest BCUT2D eigenvalue weighted by atomic mass is 35.5. The third-order valence-corrected chi connectivity index (χ3v) is 8.30. The maximum atomic E-state index is 13.5. The highest BCUT2D eigenvalue weighted by Crippen LogP contribution is 2.37. The van der Waals surface area contributed by atoms with Crippen LogP contribution in [-0.2, 0) is 4.79 Å². The van der Waals surface area contributed by atoms with E-state index in [0.29, 0.717) is 32.8 Å². The van der Waals surface area contributed by atoms with Gasteiger partial charge in [-0.15, -0.1) is 23.1 Å². The second-order valence-corrected chi connectivity index (χ2v) is 11.1. The van der Waals surface area contributed by atoms with Crippen molar-refractivity contribution in [1.82, 2.24) is 4.98 Å². The molecule has 1 heterocycles. The van der Waals surface area contributed by atoms with Gasteiger partial charge in [0.25, 0.3) is 5.91 Å². The molecule has 0 bridgehead atoms. The van der Waals surface area contributed by atoms with Crippen LogP contribution in [0.25, 0.3) is 11.3 Å². The molecule has 40 heavy (non-hydrogen) atoms. The van der Waals surface area contributed by atoms with E-state index in [9.17, 15) is 9.59 Å². The minimum Gasteiger partial charge on any atom is -0.497 e. The molecule has 0 aliphatic carbocycles. The molecule has 0 aliphatic rings. The van der Waals surface area contributed by atoms with Gasteiger partial charge in [0.15, 0.2) is 5.13 Å². The Kier molecular flexibility index (Phi) is 8.81. The third kappa shape index (κ3) is 6.71. The largest absolute Gasteiger partial charge is 0.497 e. The molecule has 6 nitrogen and oxygen atoms in total. The number of ether oxygens (including phenoxy) is 1. The molecule has 1 unspecified atom stereocenters. The number of carbonyl (C=O) groups is 2. The van der Waals surface area contributed by atoms with Crippen LogP contribution < -0.4 is 15.4 Å². The second-order valence-electron chi connectivity index (χ2n) is 8.62. The first kappa shape index (κ1) is 27.5. The van der Waals surface area contributed by atoms with Gasteiger partial charge in [0.2, 0.25) is 5.91 Å². The molecule has 1 atom stereocenters. The summed E-state index contributed by atoms with van der Waals surface area (Å²) in [5.41, 5.74) is 3.57. The van der Waals surface area contributed by atoms with Gasteiger partial charge in [-0.05, 0) is 60.2 Å². The van der Waals surface area contributed by atoms with Crippen LogP contribution in [0.1, 0.15) is 21.2 Å². The van der Waals surface area contributed by atoms with E-state index in [0.717, 1.165) is 16.0 Å². The number of thioether (sulfide) groups is 1. The van der Waals surface area contributed by atoms with Gasteiger partial charge in [-0.25, -0.2) is 4.98 Å². The number of hydrogen-bond donors (Lipinski definition) is 2. The summed E-state index contributed by atoms with van der Waals surface area (Å²) in [4.78, 5) is 31.6. The van der Waals surface area contributed by atoms with E-state index < -0.39 is 5.25 Å². The highest BCUT2D eigenvalue weighted by Gasteiger charge is 2.23. The summed E-state index contributed by atoms with van der Waals surface area (Å²) in [6.07, 6.45) is 0. The molecule has 5 aromatic rings. The molecule has 0 saturated heterocycles. The first-order valence-corrected chi connectivity index (χ1v) is 14.4. The van der Waals surface area contributed by atoms with Crippen LogP contribution in [-0.4, -0.2) is 23.9 Å². The summed E-state index contributed by atoms with van der Waals surface area (Å²) < 4.78 is 5.15. The molecule has 0 aliphatic heterocycles. The number of methoxy groups -OCH3 is 1. The highest BCUT2D eigenvalue weighted by molar-refractivity contribution is 8.00. The maximum Gasteiger partial charge on any atom is 0.255 e. The third-order valence-electron chi connectivity index (χ3n) is 5.94. The van der Waals surface area contributed by atoms with Gasteiger partial charge in [0, 0.05) is 32.1 Å². The van der Waals surface area contributed by atoms with E-state index in [1.165, 1.54) is 23.1 Å². The van der Waals surface area contributed by atoms with Gasteiger partial charge < -0.3 is 15.4 Å². The van der Waals surface area contributed by atoms with Crippen molar-refractivity contribution in [3.05, 3.63) is 125 Å². The van der Waals surface area contributed by atoms with Crippen molar-refractivity contribution in [3.63, 3.8) is 0 Å². The number of nitrogens with zero attached hydrogens (tertiary/aromatic N) is 1. The van der Waals surface area contributed by atoms with E-state index in [-0.39, 0.29) is 11.8 Å². The number of anilines is 2. The van der Waals surface area contributed by atoms with Gasteiger partial charge in [-0.3, -0.25) is 9.59 Å². The molecular formula is C31H24ClN3O3S2. The number of nitrogens with one attached hydrogen (secondary N) is 2. The lowest BCUT2D eigenvalue weighted by Crippen LogP contribution is -2.19. The van der Waals surface area contributed by atoms with Gasteiger partial charge in [0.1, 0.15) is 11.0 Å². The minimum atomic E-state index is -0.520. The Hall–Kier alpha value is -4.11. The zero-order valence-corrected chi connectivity index (χ0v) is 23.7. The molecule has 0 spiro atoms.